The van der Waals surface area contributed by atoms with Gasteiger partial charge in [0, 0.05) is 11.8 Å². The van der Waals surface area contributed by atoms with Gasteiger partial charge in [-0.15, -0.1) is 11.3 Å². The first kappa shape index (κ1) is 14.6. The first-order valence-corrected chi connectivity index (χ1v) is 6.53. The highest BCUT2D eigenvalue weighted by molar-refractivity contribution is 7.09. The molecule has 1 unspecified atom stereocenters. The van der Waals surface area contributed by atoms with Crippen molar-refractivity contribution in [1.29, 1.82) is 0 Å². The molecule has 0 bridgehead atoms. The zero-order valence-electron chi connectivity index (χ0n) is 10.4. The van der Waals surface area contributed by atoms with Crippen LogP contribution in [-0.4, -0.2) is 36.6 Å². The van der Waals surface area contributed by atoms with Crippen molar-refractivity contribution in [2.24, 2.45) is 5.73 Å². The van der Waals surface area contributed by atoms with Gasteiger partial charge in [0.05, 0.1) is 12.1 Å². The van der Waals surface area contributed by atoms with Gasteiger partial charge in [-0.05, 0) is 13.0 Å². The van der Waals surface area contributed by atoms with Crippen molar-refractivity contribution in [3.05, 3.63) is 16.1 Å². The summed E-state index contributed by atoms with van der Waals surface area (Å²) in [6.07, 6.45) is 1.12. The summed E-state index contributed by atoms with van der Waals surface area (Å²) in [7, 11) is 1.29. The minimum atomic E-state index is -0.637. The number of nitrogens with two attached hydrogens (primary N) is 1. The van der Waals surface area contributed by atoms with Crippen LogP contribution in [0.15, 0.2) is 5.38 Å². The minimum Gasteiger partial charge on any atom is -0.467 e. The summed E-state index contributed by atoms with van der Waals surface area (Å²) in [5.74, 6) is -0.824. The Morgan fingerprint density at radius 2 is 2.33 bits per heavy atom. The summed E-state index contributed by atoms with van der Waals surface area (Å²) in [5.41, 5.74) is 5.72. The third kappa shape index (κ3) is 3.78. The van der Waals surface area contributed by atoms with E-state index in [1.54, 1.807) is 12.3 Å². The number of amides is 1. The molecule has 0 saturated heterocycles. The highest BCUT2D eigenvalue weighted by Crippen LogP contribution is 2.10. The summed E-state index contributed by atoms with van der Waals surface area (Å²) in [4.78, 5) is 27.3. The Labute approximate surface area is 110 Å². The van der Waals surface area contributed by atoms with Crippen LogP contribution in [0.4, 0.5) is 0 Å². The topological polar surface area (TPSA) is 94.3 Å². The van der Waals surface area contributed by atoms with Crippen molar-refractivity contribution in [2.45, 2.75) is 25.8 Å². The maximum absolute atomic E-state index is 11.8. The molecule has 0 aliphatic carbocycles. The van der Waals surface area contributed by atoms with Crippen LogP contribution in [0.1, 0.15) is 28.8 Å². The molecule has 1 atom stereocenters. The van der Waals surface area contributed by atoms with Crippen molar-refractivity contribution >= 4 is 23.2 Å². The van der Waals surface area contributed by atoms with Crippen molar-refractivity contribution in [2.75, 3.05) is 13.7 Å². The normalized spacial score (nSPS) is 11.9. The summed E-state index contributed by atoms with van der Waals surface area (Å²) < 4.78 is 4.60. The fourth-order valence-electron chi connectivity index (χ4n) is 1.36. The fourth-order valence-corrected chi connectivity index (χ4v) is 2.15. The monoisotopic (exact) mass is 271 g/mol. The number of rotatable bonds is 6. The molecule has 1 rings (SSSR count). The van der Waals surface area contributed by atoms with E-state index in [9.17, 15) is 9.59 Å². The van der Waals surface area contributed by atoms with Gasteiger partial charge >= 0.3 is 5.97 Å². The third-order valence-electron chi connectivity index (χ3n) is 2.34. The van der Waals surface area contributed by atoms with Gasteiger partial charge in [0.2, 0.25) is 0 Å². The third-order valence-corrected chi connectivity index (χ3v) is 3.25. The number of carbonyl (C=O) groups excluding carboxylic acids is 2. The lowest BCUT2D eigenvalue weighted by Crippen LogP contribution is -2.41. The van der Waals surface area contributed by atoms with Gasteiger partial charge in [-0.2, -0.15) is 0 Å². The molecule has 7 heteroatoms. The second kappa shape index (κ2) is 7.07. The van der Waals surface area contributed by atoms with E-state index in [1.807, 2.05) is 0 Å². The second-order valence-corrected chi connectivity index (χ2v) is 4.57. The van der Waals surface area contributed by atoms with E-state index >= 15 is 0 Å². The molecule has 1 heterocycles. The molecule has 0 aliphatic heterocycles. The number of thiazole rings is 1. The molecule has 0 fully saturated rings. The average molecular weight is 271 g/mol. The largest absolute Gasteiger partial charge is 0.467 e. The van der Waals surface area contributed by atoms with Crippen LogP contribution in [0.25, 0.3) is 0 Å². The molecule has 0 radical (unpaired) electrons. The predicted molar refractivity (Wildman–Crippen MR) is 68.4 cm³/mol. The molecule has 100 valence electrons. The van der Waals surface area contributed by atoms with Crippen LogP contribution >= 0.6 is 11.3 Å². The predicted octanol–water partition coefficient (Wildman–Crippen LogP) is 0.326. The van der Waals surface area contributed by atoms with E-state index in [0.717, 1.165) is 5.01 Å². The molecule has 1 aromatic rings. The number of aromatic nitrogens is 1. The standard InChI is InChI=1S/C11H17N3O3S/c1-3-7(11(16)17-2)14-10(15)8-6-18-9(13-8)4-5-12/h6-7H,3-5,12H2,1-2H3,(H,14,15). The van der Waals surface area contributed by atoms with E-state index in [0.29, 0.717) is 25.1 Å². The van der Waals surface area contributed by atoms with Crippen LogP contribution in [0.3, 0.4) is 0 Å². The maximum atomic E-state index is 11.8. The van der Waals surface area contributed by atoms with Crippen molar-refractivity contribution in [1.82, 2.24) is 10.3 Å². The zero-order valence-corrected chi connectivity index (χ0v) is 11.3. The van der Waals surface area contributed by atoms with Crippen molar-refractivity contribution < 1.29 is 14.3 Å². The maximum Gasteiger partial charge on any atom is 0.328 e. The molecular formula is C11H17N3O3S. The Bertz CT molecular complexity index is 419. The molecule has 1 amide bonds. The van der Waals surface area contributed by atoms with Gasteiger partial charge in [0.1, 0.15) is 11.7 Å². The number of hydrogen-bond donors (Lipinski definition) is 2. The van der Waals surface area contributed by atoms with Gasteiger partial charge in [0.15, 0.2) is 0 Å². The van der Waals surface area contributed by atoms with E-state index in [2.05, 4.69) is 15.0 Å². The Morgan fingerprint density at radius 3 is 2.89 bits per heavy atom. The lowest BCUT2D eigenvalue weighted by Gasteiger charge is -2.13. The molecular weight excluding hydrogens is 254 g/mol. The summed E-state index contributed by atoms with van der Waals surface area (Å²) >= 11 is 1.38. The molecule has 0 spiro atoms. The van der Waals surface area contributed by atoms with Gasteiger partial charge in [-0.3, -0.25) is 4.79 Å². The Kier molecular flexibility index (Phi) is 5.73. The second-order valence-electron chi connectivity index (χ2n) is 3.62. The van der Waals surface area contributed by atoms with Gasteiger partial charge in [0.25, 0.3) is 5.91 Å². The van der Waals surface area contributed by atoms with E-state index in [1.165, 1.54) is 18.4 Å². The minimum absolute atomic E-state index is 0.311. The summed E-state index contributed by atoms with van der Waals surface area (Å²) in [6.45, 7) is 2.29. The molecule has 6 nitrogen and oxygen atoms in total. The molecule has 0 saturated carbocycles. The number of carbonyl (C=O) groups is 2. The van der Waals surface area contributed by atoms with Crippen LogP contribution in [0.5, 0.6) is 0 Å². The number of nitrogens with one attached hydrogen (secondary N) is 1. The van der Waals surface area contributed by atoms with E-state index in [4.69, 9.17) is 5.73 Å². The highest BCUT2D eigenvalue weighted by Gasteiger charge is 2.21. The molecule has 18 heavy (non-hydrogen) atoms. The number of hydrogen-bond acceptors (Lipinski definition) is 6. The summed E-state index contributed by atoms with van der Waals surface area (Å²) in [6, 6.07) is -0.637. The number of methoxy groups -OCH3 is 1. The van der Waals surface area contributed by atoms with Crippen LogP contribution in [-0.2, 0) is 16.0 Å². The van der Waals surface area contributed by atoms with Crippen molar-refractivity contribution in [3.8, 4) is 0 Å². The van der Waals surface area contributed by atoms with Crippen LogP contribution in [0, 0.1) is 0 Å². The SMILES string of the molecule is CCC(NC(=O)c1csc(CCN)n1)C(=O)OC. The van der Waals surface area contributed by atoms with Gasteiger partial charge in [-0.1, -0.05) is 6.92 Å². The molecule has 0 aliphatic rings. The van der Waals surface area contributed by atoms with Gasteiger partial charge < -0.3 is 15.8 Å². The highest BCUT2D eigenvalue weighted by atomic mass is 32.1. The summed E-state index contributed by atoms with van der Waals surface area (Å²) in [5, 5.41) is 5.06. The lowest BCUT2D eigenvalue weighted by atomic mass is 10.2. The zero-order chi connectivity index (χ0) is 13.5. The van der Waals surface area contributed by atoms with E-state index in [-0.39, 0.29) is 5.91 Å². The Hall–Kier alpha value is -1.47. The quantitative estimate of drug-likeness (QED) is 0.727. The number of nitrogens with zero attached hydrogens (tertiary/aromatic N) is 1. The number of ether oxygens (including phenoxy) is 1. The van der Waals surface area contributed by atoms with E-state index < -0.39 is 12.0 Å². The fraction of sp³-hybridized carbons (Fsp3) is 0.545. The lowest BCUT2D eigenvalue weighted by molar-refractivity contribution is -0.142. The molecule has 3 N–H and O–H groups in total. The first-order valence-electron chi connectivity index (χ1n) is 5.65. The van der Waals surface area contributed by atoms with Crippen LogP contribution in [0.2, 0.25) is 0 Å². The number of esters is 1. The van der Waals surface area contributed by atoms with Gasteiger partial charge in [-0.25, -0.2) is 9.78 Å². The van der Waals surface area contributed by atoms with Crippen LogP contribution < -0.4 is 11.1 Å². The smallest absolute Gasteiger partial charge is 0.328 e. The first-order chi connectivity index (χ1) is 8.62. The Balaban J connectivity index is 2.65. The molecule has 0 aromatic carbocycles. The molecule has 1 aromatic heterocycles. The van der Waals surface area contributed by atoms with Crippen molar-refractivity contribution in [3.63, 3.8) is 0 Å². The average Bonchev–Trinajstić information content (AvgIpc) is 2.84. The Morgan fingerprint density at radius 1 is 1.61 bits per heavy atom.